The van der Waals surface area contributed by atoms with E-state index in [1.165, 1.54) is 60.5 Å². The minimum Gasteiger partial charge on any atom is -0.293 e. The molecule has 1 aromatic heterocycles. The van der Waals surface area contributed by atoms with Gasteiger partial charge in [0.05, 0.1) is 11.9 Å². The Kier molecular flexibility index (Phi) is 8.41. The predicted octanol–water partition coefficient (Wildman–Crippen LogP) is 9.13. The number of aryl methyl sites for hydroxylation is 6. The van der Waals surface area contributed by atoms with Crippen molar-refractivity contribution in [2.75, 3.05) is 4.90 Å². The summed E-state index contributed by atoms with van der Waals surface area (Å²) in [6, 6.07) is 42.1. The molecule has 3 nitrogen and oxygen atoms in total. The van der Waals surface area contributed by atoms with Crippen LogP contribution >= 0.6 is 0 Å². The van der Waals surface area contributed by atoms with Crippen LogP contribution in [0.5, 0.6) is 0 Å². The summed E-state index contributed by atoms with van der Waals surface area (Å²) in [6.07, 6.45) is 5.34. The molecule has 0 saturated carbocycles. The zero-order valence-electron chi connectivity index (χ0n) is 28.6. The van der Waals surface area contributed by atoms with Gasteiger partial charge in [0.1, 0.15) is 0 Å². The fourth-order valence-corrected chi connectivity index (χ4v) is 7.74. The van der Waals surface area contributed by atoms with Gasteiger partial charge in [-0.3, -0.25) is 9.88 Å². The molecular formula is C44H40BN3. The first kappa shape index (κ1) is 31.1. The van der Waals surface area contributed by atoms with E-state index >= 15 is 0 Å². The highest BCUT2D eigenvalue weighted by atomic mass is 15.2. The van der Waals surface area contributed by atoms with Gasteiger partial charge < -0.3 is 0 Å². The standard InChI is InChI=1S/C44H40BN3/c1-29-24-31(3)43(32(4)25-29)45(44-33(5)26-30(2)27-34(44)6)37-17-19-38(20-18-37)48(41-28-46-22-23-47-41)40-21-16-35-12-10-11-15-39(35)42(40)36-13-8-7-9-14-36/h7-28H,1-6H3. The second-order valence-electron chi connectivity index (χ2n) is 13.1. The molecule has 1 heterocycles. The lowest BCUT2D eigenvalue weighted by atomic mass is 9.34. The van der Waals surface area contributed by atoms with Crippen molar-refractivity contribution in [3.8, 4) is 11.1 Å². The van der Waals surface area contributed by atoms with Gasteiger partial charge in [0.2, 0.25) is 6.71 Å². The zero-order valence-corrected chi connectivity index (χ0v) is 28.6. The van der Waals surface area contributed by atoms with E-state index in [0.717, 1.165) is 28.3 Å². The van der Waals surface area contributed by atoms with Gasteiger partial charge in [-0.05, 0) is 76.1 Å². The Morgan fingerprint density at radius 3 is 1.73 bits per heavy atom. The fraction of sp³-hybridized carbons (Fsp3) is 0.136. The summed E-state index contributed by atoms with van der Waals surface area (Å²) in [4.78, 5) is 11.6. The normalized spacial score (nSPS) is 11.1. The molecule has 6 aromatic carbocycles. The van der Waals surface area contributed by atoms with Crippen LogP contribution in [-0.4, -0.2) is 16.7 Å². The SMILES string of the molecule is Cc1cc(C)c(B(c2ccc(N(c3cnccn3)c3ccc4ccccc4c3-c3ccccc3)cc2)c2c(C)cc(C)cc2C)c(C)c1. The number of hydrogen-bond donors (Lipinski definition) is 0. The summed E-state index contributed by atoms with van der Waals surface area (Å²) in [5.74, 6) is 0.768. The topological polar surface area (TPSA) is 29.0 Å². The van der Waals surface area contributed by atoms with E-state index in [2.05, 4.69) is 167 Å². The van der Waals surface area contributed by atoms with Crippen LogP contribution in [-0.2, 0) is 0 Å². The highest BCUT2D eigenvalue weighted by Crippen LogP contribution is 2.43. The Labute approximate surface area is 285 Å². The van der Waals surface area contributed by atoms with Crippen LogP contribution in [0.1, 0.15) is 33.4 Å². The number of rotatable bonds is 7. The van der Waals surface area contributed by atoms with E-state index in [1.54, 1.807) is 12.4 Å². The number of aromatic nitrogens is 2. The fourth-order valence-electron chi connectivity index (χ4n) is 7.74. The van der Waals surface area contributed by atoms with Crippen LogP contribution in [0.2, 0.25) is 0 Å². The number of anilines is 3. The second-order valence-corrected chi connectivity index (χ2v) is 13.1. The number of benzene rings is 6. The Hall–Kier alpha value is -5.48. The highest BCUT2D eigenvalue weighted by Gasteiger charge is 2.29. The molecule has 7 rings (SSSR count). The molecule has 0 aliphatic carbocycles. The smallest absolute Gasteiger partial charge is 0.242 e. The van der Waals surface area contributed by atoms with Gasteiger partial charge in [0.25, 0.3) is 0 Å². The average molecular weight is 622 g/mol. The summed E-state index contributed by atoms with van der Waals surface area (Å²) >= 11 is 0. The minimum atomic E-state index is 0.103. The van der Waals surface area contributed by atoms with E-state index in [4.69, 9.17) is 4.98 Å². The third-order valence-electron chi connectivity index (χ3n) is 9.53. The molecule has 0 spiro atoms. The quantitative estimate of drug-likeness (QED) is 0.166. The number of fused-ring (bicyclic) bond motifs is 1. The van der Waals surface area contributed by atoms with Crippen LogP contribution in [0.4, 0.5) is 17.2 Å². The van der Waals surface area contributed by atoms with Crippen LogP contribution in [0.25, 0.3) is 21.9 Å². The van der Waals surface area contributed by atoms with Crippen molar-refractivity contribution >= 4 is 51.1 Å². The predicted molar refractivity (Wildman–Crippen MR) is 206 cm³/mol. The summed E-state index contributed by atoms with van der Waals surface area (Å²) in [5, 5.41) is 2.40. The molecule has 4 heteroatoms. The van der Waals surface area contributed by atoms with Gasteiger partial charge in [0.15, 0.2) is 5.82 Å². The van der Waals surface area contributed by atoms with E-state index in [0.29, 0.717) is 0 Å². The molecule has 234 valence electrons. The Morgan fingerprint density at radius 1 is 0.562 bits per heavy atom. The molecule has 0 bridgehead atoms. The lowest BCUT2D eigenvalue weighted by Crippen LogP contribution is -2.55. The monoisotopic (exact) mass is 621 g/mol. The van der Waals surface area contributed by atoms with Gasteiger partial charge in [-0.15, -0.1) is 0 Å². The van der Waals surface area contributed by atoms with Crippen molar-refractivity contribution in [1.29, 1.82) is 0 Å². The highest BCUT2D eigenvalue weighted by molar-refractivity contribution is 6.96. The minimum absolute atomic E-state index is 0.103. The van der Waals surface area contributed by atoms with Crippen LogP contribution in [0.3, 0.4) is 0 Å². The first-order valence-electron chi connectivity index (χ1n) is 16.7. The molecule has 48 heavy (non-hydrogen) atoms. The maximum atomic E-state index is 4.83. The summed E-state index contributed by atoms with van der Waals surface area (Å²) in [5.41, 5.74) is 16.3. The molecule has 0 amide bonds. The second kappa shape index (κ2) is 13.0. The Bertz CT molecular complexity index is 2140. The molecule has 0 atom stereocenters. The molecular weight excluding hydrogens is 581 g/mol. The van der Waals surface area contributed by atoms with Crippen molar-refractivity contribution in [1.82, 2.24) is 9.97 Å². The lowest BCUT2D eigenvalue weighted by Gasteiger charge is -2.28. The van der Waals surface area contributed by atoms with Crippen molar-refractivity contribution < 1.29 is 0 Å². The largest absolute Gasteiger partial charge is 0.293 e. The third-order valence-corrected chi connectivity index (χ3v) is 9.53. The third kappa shape index (κ3) is 5.79. The van der Waals surface area contributed by atoms with Crippen molar-refractivity contribution in [3.63, 3.8) is 0 Å². The average Bonchev–Trinajstić information content (AvgIpc) is 3.08. The van der Waals surface area contributed by atoms with E-state index < -0.39 is 0 Å². The molecule has 0 fully saturated rings. The van der Waals surface area contributed by atoms with Gasteiger partial charge >= 0.3 is 0 Å². The van der Waals surface area contributed by atoms with Crippen LogP contribution in [0, 0.1) is 41.5 Å². The first-order chi connectivity index (χ1) is 23.3. The lowest BCUT2D eigenvalue weighted by molar-refractivity contribution is 1.13. The summed E-state index contributed by atoms with van der Waals surface area (Å²) in [6.45, 7) is 13.5. The Morgan fingerprint density at radius 2 is 1.15 bits per heavy atom. The molecule has 0 saturated heterocycles. The number of nitrogens with zero attached hydrogens (tertiary/aromatic N) is 3. The zero-order chi connectivity index (χ0) is 33.4. The van der Waals surface area contributed by atoms with E-state index in [9.17, 15) is 0 Å². The molecule has 0 aliphatic heterocycles. The van der Waals surface area contributed by atoms with Gasteiger partial charge in [0, 0.05) is 23.6 Å². The van der Waals surface area contributed by atoms with Crippen LogP contribution < -0.4 is 21.3 Å². The van der Waals surface area contributed by atoms with E-state index in [1.807, 2.05) is 6.20 Å². The molecule has 0 aliphatic rings. The van der Waals surface area contributed by atoms with Gasteiger partial charge in [-0.25, -0.2) is 4.98 Å². The van der Waals surface area contributed by atoms with Crippen molar-refractivity contribution in [2.24, 2.45) is 0 Å². The summed E-state index contributed by atoms with van der Waals surface area (Å²) in [7, 11) is 0. The Balaban J connectivity index is 1.44. The maximum absolute atomic E-state index is 4.83. The maximum Gasteiger partial charge on any atom is 0.242 e. The van der Waals surface area contributed by atoms with Crippen molar-refractivity contribution in [3.05, 3.63) is 167 Å². The van der Waals surface area contributed by atoms with Gasteiger partial charge in [-0.1, -0.05) is 147 Å². The molecule has 0 radical (unpaired) electrons. The number of hydrogen-bond acceptors (Lipinski definition) is 3. The van der Waals surface area contributed by atoms with E-state index in [-0.39, 0.29) is 6.71 Å². The van der Waals surface area contributed by atoms with Gasteiger partial charge in [-0.2, -0.15) is 0 Å². The molecule has 0 unspecified atom stereocenters. The molecule has 0 N–H and O–H groups in total. The molecule has 7 aromatic rings. The van der Waals surface area contributed by atoms with Crippen LogP contribution in [0.15, 0.2) is 134 Å². The summed E-state index contributed by atoms with van der Waals surface area (Å²) < 4.78 is 0. The first-order valence-corrected chi connectivity index (χ1v) is 16.7. The van der Waals surface area contributed by atoms with Crippen molar-refractivity contribution in [2.45, 2.75) is 41.5 Å².